The number of nitrogens with one attached hydrogen (secondary N) is 2. The predicted octanol–water partition coefficient (Wildman–Crippen LogP) is 3.47. The molecule has 0 aromatic heterocycles. The first kappa shape index (κ1) is 20.9. The number of hydrogen-bond acceptors (Lipinski definition) is 4. The molecule has 3 aromatic rings. The van der Waals surface area contributed by atoms with Crippen LogP contribution in [0.25, 0.3) is 6.08 Å². The Labute approximate surface area is 185 Å². The molecule has 0 unspecified atom stereocenters. The summed E-state index contributed by atoms with van der Waals surface area (Å²) in [5, 5.41) is 3.99. The van der Waals surface area contributed by atoms with Crippen LogP contribution in [0.3, 0.4) is 0 Å². The van der Waals surface area contributed by atoms with E-state index in [-0.39, 0.29) is 18.1 Å². The van der Waals surface area contributed by atoms with E-state index in [0.29, 0.717) is 22.7 Å². The molecular weight excluding hydrogens is 406 g/mol. The Morgan fingerprint density at radius 1 is 0.969 bits per heavy atom. The van der Waals surface area contributed by atoms with Crippen molar-refractivity contribution in [3.05, 3.63) is 95.6 Å². The number of para-hydroxylation sites is 1. The second-order valence-electron chi connectivity index (χ2n) is 7.25. The number of hydrogen-bond donors (Lipinski definition) is 2. The molecule has 0 aliphatic carbocycles. The van der Waals surface area contributed by atoms with Crippen molar-refractivity contribution in [2.24, 2.45) is 0 Å². The SMILES string of the molecule is Cc1ccc(NC(=O)COc2ccc(/C=C3/C(=O)NN(c4ccccc4)C3=O)cc2)cc1. The molecule has 3 aromatic carbocycles. The Hall–Kier alpha value is -4.39. The molecule has 1 aliphatic rings. The zero-order chi connectivity index (χ0) is 22.5. The van der Waals surface area contributed by atoms with Gasteiger partial charge in [0.2, 0.25) is 0 Å². The molecule has 7 nitrogen and oxygen atoms in total. The van der Waals surface area contributed by atoms with E-state index in [1.165, 1.54) is 11.1 Å². The van der Waals surface area contributed by atoms with E-state index in [4.69, 9.17) is 4.74 Å². The summed E-state index contributed by atoms with van der Waals surface area (Å²) in [7, 11) is 0. The van der Waals surface area contributed by atoms with Gasteiger partial charge in [-0.05, 0) is 55.0 Å². The first-order chi connectivity index (χ1) is 15.5. The summed E-state index contributed by atoms with van der Waals surface area (Å²) in [6.07, 6.45) is 1.52. The fourth-order valence-corrected chi connectivity index (χ4v) is 3.13. The second kappa shape index (κ2) is 9.18. The Bertz CT molecular complexity index is 1170. The van der Waals surface area contributed by atoms with Crippen molar-refractivity contribution in [3.8, 4) is 5.75 Å². The first-order valence-corrected chi connectivity index (χ1v) is 10.0. The minimum absolute atomic E-state index is 0.0417. The third-order valence-electron chi connectivity index (χ3n) is 4.80. The van der Waals surface area contributed by atoms with Gasteiger partial charge in [0.05, 0.1) is 5.69 Å². The van der Waals surface area contributed by atoms with Gasteiger partial charge in [-0.25, -0.2) is 5.01 Å². The van der Waals surface area contributed by atoms with Gasteiger partial charge in [0.15, 0.2) is 6.61 Å². The second-order valence-corrected chi connectivity index (χ2v) is 7.25. The summed E-state index contributed by atoms with van der Waals surface area (Å²) in [6, 6.07) is 23.2. The molecular formula is C25H21N3O4. The lowest BCUT2D eigenvalue weighted by Crippen LogP contribution is -2.35. The van der Waals surface area contributed by atoms with Gasteiger partial charge in [-0.3, -0.25) is 19.8 Å². The van der Waals surface area contributed by atoms with Gasteiger partial charge in [-0.2, -0.15) is 0 Å². The van der Waals surface area contributed by atoms with Crippen molar-refractivity contribution in [3.63, 3.8) is 0 Å². The average molecular weight is 427 g/mol. The maximum absolute atomic E-state index is 12.6. The smallest absolute Gasteiger partial charge is 0.282 e. The van der Waals surface area contributed by atoms with Crippen molar-refractivity contribution in [2.45, 2.75) is 6.92 Å². The molecule has 0 radical (unpaired) electrons. The number of ether oxygens (including phenoxy) is 1. The van der Waals surface area contributed by atoms with E-state index in [1.54, 1.807) is 48.5 Å². The van der Waals surface area contributed by atoms with Crippen LogP contribution in [0.1, 0.15) is 11.1 Å². The van der Waals surface area contributed by atoms with Crippen LogP contribution in [0, 0.1) is 6.92 Å². The number of benzene rings is 3. The molecule has 0 bridgehead atoms. The number of nitrogens with zero attached hydrogens (tertiary/aromatic N) is 1. The van der Waals surface area contributed by atoms with Gasteiger partial charge >= 0.3 is 0 Å². The van der Waals surface area contributed by atoms with E-state index in [2.05, 4.69) is 10.7 Å². The van der Waals surface area contributed by atoms with Crippen LogP contribution in [0.4, 0.5) is 11.4 Å². The maximum atomic E-state index is 12.6. The van der Waals surface area contributed by atoms with Crippen molar-refractivity contribution < 1.29 is 19.1 Å². The largest absolute Gasteiger partial charge is 0.484 e. The molecule has 1 saturated heterocycles. The van der Waals surface area contributed by atoms with Gasteiger partial charge in [-0.1, -0.05) is 48.0 Å². The summed E-state index contributed by atoms with van der Waals surface area (Å²) in [5.41, 5.74) is 5.67. The van der Waals surface area contributed by atoms with Crippen LogP contribution >= 0.6 is 0 Å². The fraction of sp³-hybridized carbons (Fsp3) is 0.0800. The highest BCUT2D eigenvalue weighted by Crippen LogP contribution is 2.22. The standard InChI is InChI=1S/C25H21N3O4/c1-17-7-11-19(12-8-17)26-23(29)16-32-21-13-9-18(10-14-21)15-22-24(30)27-28(25(22)31)20-5-3-2-4-6-20/h2-15H,16H2,1H3,(H,26,29)(H,27,30)/b22-15-. The molecule has 1 fully saturated rings. The lowest BCUT2D eigenvalue weighted by atomic mass is 10.1. The lowest BCUT2D eigenvalue weighted by molar-refractivity contribution is -0.118. The van der Waals surface area contributed by atoms with Crippen LogP contribution in [-0.2, 0) is 14.4 Å². The lowest BCUT2D eigenvalue weighted by Gasteiger charge is -2.13. The summed E-state index contributed by atoms with van der Waals surface area (Å²) >= 11 is 0. The Morgan fingerprint density at radius 3 is 2.34 bits per heavy atom. The van der Waals surface area contributed by atoms with Crippen molar-refractivity contribution in [2.75, 3.05) is 16.9 Å². The third kappa shape index (κ3) is 4.84. The highest BCUT2D eigenvalue weighted by Gasteiger charge is 2.34. The van der Waals surface area contributed by atoms with Crippen LogP contribution < -0.4 is 20.5 Å². The first-order valence-electron chi connectivity index (χ1n) is 10.0. The quantitative estimate of drug-likeness (QED) is 0.466. The zero-order valence-electron chi connectivity index (χ0n) is 17.4. The summed E-state index contributed by atoms with van der Waals surface area (Å²) in [6.45, 7) is 1.84. The fourth-order valence-electron chi connectivity index (χ4n) is 3.13. The molecule has 32 heavy (non-hydrogen) atoms. The van der Waals surface area contributed by atoms with Crippen molar-refractivity contribution in [1.29, 1.82) is 0 Å². The van der Waals surface area contributed by atoms with Crippen LogP contribution in [-0.4, -0.2) is 24.3 Å². The normalized spacial score (nSPS) is 14.4. The molecule has 0 atom stereocenters. The highest BCUT2D eigenvalue weighted by atomic mass is 16.5. The number of aryl methyl sites for hydroxylation is 1. The Balaban J connectivity index is 1.36. The zero-order valence-corrected chi connectivity index (χ0v) is 17.4. The van der Waals surface area contributed by atoms with E-state index in [1.807, 2.05) is 37.3 Å². The van der Waals surface area contributed by atoms with E-state index < -0.39 is 11.8 Å². The molecule has 0 saturated carbocycles. The number of anilines is 2. The Kier molecular flexibility index (Phi) is 5.98. The van der Waals surface area contributed by atoms with Gasteiger partial charge in [0.1, 0.15) is 11.3 Å². The predicted molar refractivity (Wildman–Crippen MR) is 122 cm³/mol. The van der Waals surface area contributed by atoms with Gasteiger partial charge < -0.3 is 10.1 Å². The van der Waals surface area contributed by atoms with Crippen molar-refractivity contribution in [1.82, 2.24) is 5.43 Å². The van der Waals surface area contributed by atoms with Gasteiger partial charge in [0.25, 0.3) is 17.7 Å². The molecule has 4 rings (SSSR count). The molecule has 160 valence electrons. The van der Waals surface area contributed by atoms with E-state index in [0.717, 1.165) is 5.56 Å². The highest BCUT2D eigenvalue weighted by molar-refractivity contribution is 6.31. The average Bonchev–Trinajstić information content (AvgIpc) is 3.09. The topological polar surface area (TPSA) is 87.7 Å². The number of rotatable bonds is 6. The summed E-state index contributed by atoms with van der Waals surface area (Å²) in [5.74, 6) is -0.658. The number of carbonyl (C=O) groups excluding carboxylic acids is 3. The van der Waals surface area contributed by atoms with Gasteiger partial charge in [-0.15, -0.1) is 0 Å². The summed E-state index contributed by atoms with van der Waals surface area (Å²) < 4.78 is 5.52. The molecule has 1 heterocycles. The van der Waals surface area contributed by atoms with E-state index in [9.17, 15) is 14.4 Å². The molecule has 3 amide bonds. The number of hydrazine groups is 1. The Morgan fingerprint density at radius 2 is 1.66 bits per heavy atom. The number of amides is 3. The summed E-state index contributed by atoms with van der Waals surface area (Å²) in [4.78, 5) is 37.0. The molecule has 1 aliphatic heterocycles. The third-order valence-corrected chi connectivity index (χ3v) is 4.80. The van der Waals surface area contributed by atoms with Crippen LogP contribution in [0.15, 0.2) is 84.4 Å². The van der Waals surface area contributed by atoms with Gasteiger partial charge in [0, 0.05) is 5.69 Å². The molecule has 2 N–H and O–H groups in total. The monoisotopic (exact) mass is 427 g/mol. The maximum Gasteiger partial charge on any atom is 0.282 e. The molecule has 7 heteroatoms. The van der Waals surface area contributed by atoms with Crippen LogP contribution in [0.5, 0.6) is 5.75 Å². The van der Waals surface area contributed by atoms with E-state index >= 15 is 0 Å². The number of carbonyl (C=O) groups is 3. The molecule has 0 spiro atoms. The minimum Gasteiger partial charge on any atom is -0.484 e. The minimum atomic E-state index is -0.466. The van der Waals surface area contributed by atoms with Crippen molar-refractivity contribution >= 4 is 35.2 Å². The van der Waals surface area contributed by atoms with Crippen LogP contribution in [0.2, 0.25) is 0 Å².